The molecule has 1 N–H and O–H groups in total. The summed E-state index contributed by atoms with van der Waals surface area (Å²) in [4.78, 5) is 11.4. The highest BCUT2D eigenvalue weighted by Gasteiger charge is 2.09. The minimum Gasteiger partial charge on any atom is -0.312 e. The number of hydrogen-bond acceptors (Lipinski definition) is 2. The largest absolute Gasteiger partial charge is 0.312 e. The predicted molar refractivity (Wildman–Crippen MR) is 57.3 cm³/mol. The average molecular weight is 202 g/mol. The highest BCUT2D eigenvalue weighted by molar-refractivity contribution is 5.96. The molecule has 0 unspecified atom stereocenters. The number of hydrogen-bond donors (Lipinski definition) is 1. The first-order valence-electron chi connectivity index (χ1n) is 4.38. The monoisotopic (exact) mass is 201 g/mol. The zero-order chi connectivity index (χ0) is 8.81. The molecule has 0 saturated heterocycles. The van der Waals surface area contributed by atoms with Gasteiger partial charge in [-0.15, -0.1) is 12.4 Å². The van der Waals surface area contributed by atoms with Crippen molar-refractivity contribution in [3.63, 3.8) is 0 Å². The van der Waals surface area contributed by atoms with Gasteiger partial charge in [0.2, 0.25) is 0 Å². The number of halogens is 1. The van der Waals surface area contributed by atoms with Crippen LogP contribution in [0, 0.1) is 0 Å². The molecule has 13 heavy (non-hydrogen) atoms. The van der Waals surface area contributed by atoms with Crippen LogP contribution in [-0.4, -0.2) is 18.9 Å². The molecule has 1 heterocycles. The van der Waals surface area contributed by atoms with Crippen LogP contribution < -0.4 is 5.32 Å². The van der Waals surface area contributed by atoms with E-state index in [1.54, 1.807) is 0 Å². The van der Waals surface area contributed by atoms with Crippen molar-refractivity contribution in [2.24, 2.45) is 0 Å². The SMILES string of the molecule is C/C=C/CC(=O)C1=CCCNC1.Cl. The van der Waals surface area contributed by atoms with Gasteiger partial charge in [0.1, 0.15) is 0 Å². The highest BCUT2D eigenvalue weighted by atomic mass is 35.5. The van der Waals surface area contributed by atoms with Crippen LogP contribution >= 0.6 is 12.4 Å². The summed E-state index contributed by atoms with van der Waals surface area (Å²) in [5.41, 5.74) is 0.944. The smallest absolute Gasteiger partial charge is 0.163 e. The summed E-state index contributed by atoms with van der Waals surface area (Å²) in [6.45, 7) is 3.68. The van der Waals surface area contributed by atoms with Crippen LogP contribution in [0.4, 0.5) is 0 Å². The molecule has 0 spiro atoms. The molecular weight excluding hydrogens is 186 g/mol. The normalized spacial score (nSPS) is 16.5. The molecule has 0 radical (unpaired) electrons. The fourth-order valence-corrected chi connectivity index (χ4v) is 1.21. The van der Waals surface area contributed by atoms with E-state index in [2.05, 4.69) is 5.32 Å². The van der Waals surface area contributed by atoms with Gasteiger partial charge in [0, 0.05) is 18.5 Å². The number of nitrogens with one attached hydrogen (secondary N) is 1. The van der Waals surface area contributed by atoms with Gasteiger partial charge in [-0.3, -0.25) is 4.79 Å². The second-order valence-electron chi connectivity index (χ2n) is 2.89. The van der Waals surface area contributed by atoms with Gasteiger partial charge in [0.15, 0.2) is 5.78 Å². The van der Waals surface area contributed by atoms with Gasteiger partial charge in [-0.05, 0) is 19.9 Å². The lowest BCUT2D eigenvalue weighted by atomic mass is 10.0. The number of Topliss-reactive ketones (excluding diaryl/α,β-unsaturated/α-hetero) is 1. The van der Waals surface area contributed by atoms with Crippen molar-refractivity contribution >= 4 is 18.2 Å². The zero-order valence-corrected chi connectivity index (χ0v) is 8.69. The second-order valence-corrected chi connectivity index (χ2v) is 2.89. The summed E-state index contributed by atoms with van der Waals surface area (Å²) in [7, 11) is 0. The minimum absolute atomic E-state index is 0. The topological polar surface area (TPSA) is 29.1 Å². The Bertz CT molecular complexity index is 221. The number of carbonyl (C=O) groups excluding carboxylic acids is 1. The fraction of sp³-hybridized carbons (Fsp3) is 0.500. The lowest BCUT2D eigenvalue weighted by Crippen LogP contribution is -2.25. The maximum atomic E-state index is 11.4. The van der Waals surface area contributed by atoms with E-state index in [4.69, 9.17) is 0 Å². The summed E-state index contributed by atoms with van der Waals surface area (Å²) in [6, 6.07) is 0. The molecular formula is C10H16ClNO. The molecule has 0 aromatic rings. The Morgan fingerprint density at radius 2 is 2.46 bits per heavy atom. The number of allylic oxidation sites excluding steroid dienone is 2. The van der Waals surface area contributed by atoms with Crippen molar-refractivity contribution in [3.8, 4) is 0 Å². The molecule has 74 valence electrons. The van der Waals surface area contributed by atoms with E-state index in [0.717, 1.165) is 25.1 Å². The summed E-state index contributed by atoms with van der Waals surface area (Å²) < 4.78 is 0. The van der Waals surface area contributed by atoms with E-state index in [9.17, 15) is 4.79 Å². The van der Waals surface area contributed by atoms with Crippen molar-refractivity contribution in [1.82, 2.24) is 5.32 Å². The third kappa shape index (κ3) is 4.25. The molecule has 1 rings (SSSR count). The van der Waals surface area contributed by atoms with Crippen LogP contribution in [0.1, 0.15) is 19.8 Å². The number of carbonyl (C=O) groups is 1. The van der Waals surface area contributed by atoms with E-state index < -0.39 is 0 Å². The van der Waals surface area contributed by atoms with Crippen LogP contribution in [-0.2, 0) is 4.79 Å². The first-order valence-corrected chi connectivity index (χ1v) is 4.38. The molecule has 1 aliphatic heterocycles. The van der Waals surface area contributed by atoms with Crippen molar-refractivity contribution < 1.29 is 4.79 Å². The Labute approximate surface area is 85.5 Å². The maximum absolute atomic E-state index is 11.4. The Kier molecular flexibility index (Phi) is 6.55. The molecule has 0 atom stereocenters. The Morgan fingerprint density at radius 3 is 3.00 bits per heavy atom. The third-order valence-corrected chi connectivity index (χ3v) is 1.92. The van der Waals surface area contributed by atoms with E-state index in [0.29, 0.717) is 6.42 Å². The molecule has 0 aliphatic carbocycles. The molecule has 0 saturated carbocycles. The van der Waals surface area contributed by atoms with E-state index in [1.165, 1.54) is 0 Å². The summed E-state index contributed by atoms with van der Waals surface area (Å²) >= 11 is 0. The zero-order valence-electron chi connectivity index (χ0n) is 7.88. The first-order chi connectivity index (χ1) is 5.84. The van der Waals surface area contributed by atoms with Crippen molar-refractivity contribution in [1.29, 1.82) is 0 Å². The summed E-state index contributed by atoms with van der Waals surface area (Å²) in [5, 5.41) is 3.18. The van der Waals surface area contributed by atoms with Crippen LogP contribution in [0.5, 0.6) is 0 Å². The van der Waals surface area contributed by atoms with Gasteiger partial charge in [0.05, 0.1) is 0 Å². The number of ketones is 1. The Balaban J connectivity index is 0.00000144. The molecule has 1 aliphatic rings. The van der Waals surface area contributed by atoms with E-state index >= 15 is 0 Å². The molecule has 0 fully saturated rings. The Hall–Kier alpha value is -0.600. The molecule has 0 bridgehead atoms. The fourth-order valence-electron chi connectivity index (χ4n) is 1.21. The van der Waals surface area contributed by atoms with Crippen LogP contribution in [0.2, 0.25) is 0 Å². The third-order valence-electron chi connectivity index (χ3n) is 1.92. The van der Waals surface area contributed by atoms with Crippen LogP contribution in [0.3, 0.4) is 0 Å². The maximum Gasteiger partial charge on any atom is 0.163 e. The van der Waals surface area contributed by atoms with Gasteiger partial charge < -0.3 is 5.32 Å². The van der Waals surface area contributed by atoms with Gasteiger partial charge >= 0.3 is 0 Å². The lowest BCUT2D eigenvalue weighted by Gasteiger charge is -2.11. The van der Waals surface area contributed by atoms with E-state index in [1.807, 2.05) is 25.2 Å². The first kappa shape index (κ1) is 12.4. The van der Waals surface area contributed by atoms with Gasteiger partial charge in [0.25, 0.3) is 0 Å². The lowest BCUT2D eigenvalue weighted by molar-refractivity contribution is -0.114. The van der Waals surface area contributed by atoms with Gasteiger partial charge in [-0.1, -0.05) is 18.2 Å². The summed E-state index contributed by atoms with van der Waals surface area (Å²) in [5.74, 6) is 0.250. The molecule has 0 aromatic carbocycles. The van der Waals surface area contributed by atoms with Crippen molar-refractivity contribution in [3.05, 3.63) is 23.8 Å². The molecule has 0 aromatic heterocycles. The van der Waals surface area contributed by atoms with Gasteiger partial charge in [-0.2, -0.15) is 0 Å². The standard InChI is InChI=1S/C10H15NO.ClH/c1-2-3-6-10(12)9-5-4-7-11-8-9;/h2-3,5,11H,4,6-8H2,1H3;1H/b3-2+;. The summed E-state index contributed by atoms with van der Waals surface area (Å²) in [6.07, 6.45) is 7.38. The van der Waals surface area contributed by atoms with Gasteiger partial charge in [-0.25, -0.2) is 0 Å². The molecule has 3 heteroatoms. The second kappa shape index (κ2) is 6.87. The van der Waals surface area contributed by atoms with Crippen LogP contribution in [0.25, 0.3) is 0 Å². The van der Waals surface area contributed by atoms with Crippen molar-refractivity contribution in [2.45, 2.75) is 19.8 Å². The Morgan fingerprint density at radius 1 is 1.69 bits per heavy atom. The molecule has 2 nitrogen and oxygen atoms in total. The van der Waals surface area contributed by atoms with Crippen LogP contribution in [0.15, 0.2) is 23.8 Å². The molecule has 0 amide bonds. The number of rotatable bonds is 3. The van der Waals surface area contributed by atoms with E-state index in [-0.39, 0.29) is 18.2 Å². The van der Waals surface area contributed by atoms with Crippen molar-refractivity contribution in [2.75, 3.05) is 13.1 Å². The quantitative estimate of drug-likeness (QED) is 0.707. The average Bonchev–Trinajstić information content (AvgIpc) is 2.15. The minimum atomic E-state index is 0. The predicted octanol–water partition coefficient (Wildman–Crippen LogP) is 1.86. The highest BCUT2D eigenvalue weighted by Crippen LogP contribution is 2.05.